The van der Waals surface area contributed by atoms with E-state index >= 15 is 0 Å². The number of hydrogen-bond acceptors (Lipinski definition) is 5. The van der Waals surface area contributed by atoms with Gasteiger partial charge in [-0.05, 0) is 46.9 Å². The van der Waals surface area contributed by atoms with E-state index < -0.39 is 33.4 Å². The Morgan fingerprint density at radius 1 is 0.698 bits per heavy atom. The highest BCUT2D eigenvalue weighted by atomic mass is 32.2. The maximum absolute atomic E-state index is 14.7. The first-order valence-corrected chi connectivity index (χ1v) is 15.7. The van der Waals surface area contributed by atoms with E-state index in [4.69, 9.17) is 4.74 Å². The van der Waals surface area contributed by atoms with E-state index in [0.29, 0.717) is 16.8 Å². The van der Waals surface area contributed by atoms with Crippen LogP contribution < -0.4 is 4.90 Å². The number of para-hydroxylation sites is 1. The van der Waals surface area contributed by atoms with Gasteiger partial charge >= 0.3 is 6.09 Å². The average molecular weight is 586 g/mol. The van der Waals surface area contributed by atoms with Gasteiger partial charge in [0.1, 0.15) is 5.41 Å². The van der Waals surface area contributed by atoms with Crippen molar-refractivity contribution in [3.63, 3.8) is 0 Å². The van der Waals surface area contributed by atoms with Crippen LogP contribution in [-0.4, -0.2) is 26.2 Å². The van der Waals surface area contributed by atoms with Crippen LogP contribution in [0, 0.1) is 0 Å². The Balaban J connectivity index is 1.30. The second-order valence-electron chi connectivity index (χ2n) is 10.7. The molecule has 1 heterocycles. The van der Waals surface area contributed by atoms with Gasteiger partial charge < -0.3 is 4.74 Å². The highest BCUT2D eigenvalue weighted by Gasteiger charge is 2.55. The molecule has 1 aliphatic heterocycles. The molecule has 0 saturated carbocycles. The molecule has 43 heavy (non-hydrogen) atoms. The molecule has 2 amide bonds. The summed E-state index contributed by atoms with van der Waals surface area (Å²) in [6, 6.07) is 39.9. The predicted molar refractivity (Wildman–Crippen MR) is 164 cm³/mol. The van der Waals surface area contributed by atoms with Gasteiger partial charge in [-0.15, -0.1) is 0 Å². The minimum Gasteiger partial charge on any atom is -0.436 e. The molecule has 1 aliphatic carbocycles. The molecular weight excluding hydrogens is 558 g/mol. The molecule has 1 atom stereocenters. The minimum absolute atomic E-state index is 0.0526. The smallest absolute Gasteiger partial charge is 0.422 e. The summed E-state index contributed by atoms with van der Waals surface area (Å²) in [6.07, 6.45) is -1.55. The lowest BCUT2D eigenvalue weighted by molar-refractivity contribution is -0.121. The second-order valence-corrected chi connectivity index (χ2v) is 12.9. The third kappa shape index (κ3) is 4.27. The van der Waals surface area contributed by atoms with Crippen molar-refractivity contribution in [2.75, 3.05) is 10.7 Å². The van der Waals surface area contributed by atoms with Crippen molar-refractivity contribution >= 4 is 27.5 Å². The van der Waals surface area contributed by atoms with Crippen molar-refractivity contribution in [3.8, 4) is 11.1 Å². The molecule has 0 fully saturated rings. The van der Waals surface area contributed by atoms with E-state index in [1.54, 1.807) is 54.6 Å². The van der Waals surface area contributed by atoms with E-state index in [0.717, 1.165) is 27.2 Å². The maximum atomic E-state index is 14.7. The van der Waals surface area contributed by atoms with E-state index in [1.807, 2.05) is 78.9 Å². The lowest BCUT2D eigenvalue weighted by atomic mass is 9.73. The van der Waals surface area contributed by atoms with Gasteiger partial charge in [-0.25, -0.2) is 18.1 Å². The minimum atomic E-state index is -3.73. The van der Waals surface area contributed by atoms with Crippen LogP contribution in [0.5, 0.6) is 0 Å². The van der Waals surface area contributed by atoms with Gasteiger partial charge in [0.2, 0.25) is 0 Å². The van der Waals surface area contributed by atoms with Crippen LogP contribution in [0.25, 0.3) is 11.1 Å². The summed E-state index contributed by atoms with van der Waals surface area (Å²) in [5.41, 5.74) is 3.81. The molecule has 0 aromatic heterocycles. The molecule has 0 unspecified atom stereocenters. The summed E-state index contributed by atoms with van der Waals surface area (Å²) in [5, 5.41) is 0. The zero-order chi connectivity index (χ0) is 29.6. The van der Waals surface area contributed by atoms with Crippen LogP contribution in [0.15, 0.2) is 138 Å². The van der Waals surface area contributed by atoms with Gasteiger partial charge in [-0.3, -0.25) is 4.79 Å². The van der Waals surface area contributed by atoms with Crippen LogP contribution in [-0.2, 0) is 24.8 Å². The summed E-state index contributed by atoms with van der Waals surface area (Å²) in [5.74, 6) is -0.828. The molecule has 5 aromatic carbocycles. The first-order chi connectivity index (χ1) is 20.9. The van der Waals surface area contributed by atoms with Gasteiger partial charge in [-0.1, -0.05) is 115 Å². The highest BCUT2D eigenvalue weighted by Crippen LogP contribution is 2.50. The van der Waals surface area contributed by atoms with Gasteiger partial charge in [0.25, 0.3) is 5.91 Å². The molecule has 5 aromatic rings. The Kier molecular flexibility index (Phi) is 6.47. The highest BCUT2D eigenvalue weighted by molar-refractivity contribution is 7.91. The normalized spacial score (nSPS) is 17.3. The first kappa shape index (κ1) is 26.9. The third-order valence-corrected chi connectivity index (χ3v) is 10.2. The summed E-state index contributed by atoms with van der Waals surface area (Å²) >= 11 is 0. The molecule has 7 rings (SSSR count). The molecule has 0 saturated heterocycles. The quantitative estimate of drug-likeness (QED) is 0.213. The summed E-state index contributed by atoms with van der Waals surface area (Å²) in [4.78, 5) is 30.0. The van der Waals surface area contributed by atoms with Crippen molar-refractivity contribution < 1.29 is 22.7 Å². The fourth-order valence-corrected chi connectivity index (χ4v) is 7.82. The third-order valence-electron chi connectivity index (χ3n) is 8.47. The van der Waals surface area contributed by atoms with Crippen LogP contribution in [0.1, 0.15) is 34.8 Å². The monoisotopic (exact) mass is 585 g/mol. The molecular formula is C36H27NO5S. The average Bonchev–Trinajstić information content (AvgIpc) is 3.50. The lowest BCUT2D eigenvalue weighted by Crippen LogP contribution is -2.45. The van der Waals surface area contributed by atoms with Crippen LogP contribution in [0.4, 0.5) is 10.5 Å². The number of anilines is 1. The molecule has 7 heteroatoms. The molecule has 212 valence electrons. The van der Waals surface area contributed by atoms with Gasteiger partial charge in [0.15, 0.2) is 15.9 Å². The first-order valence-electron chi connectivity index (χ1n) is 14.1. The Hall–Kier alpha value is -5.01. The molecule has 6 nitrogen and oxygen atoms in total. The number of ether oxygens (including phenoxy) is 1. The Morgan fingerprint density at radius 3 is 1.88 bits per heavy atom. The number of benzene rings is 5. The molecule has 2 aliphatic rings. The number of carbonyl (C=O) groups is 2. The topological polar surface area (TPSA) is 80.8 Å². The van der Waals surface area contributed by atoms with Crippen LogP contribution >= 0.6 is 0 Å². The maximum Gasteiger partial charge on any atom is 0.422 e. The summed E-state index contributed by atoms with van der Waals surface area (Å²) in [6.45, 7) is 0. The van der Waals surface area contributed by atoms with Crippen molar-refractivity contribution in [1.29, 1.82) is 0 Å². The molecule has 0 N–H and O–H groups in total. The van der Waals surface area contributed by atoms with E-state index in [2.05, 4.69) is 0 Å². The second kappa shape index (κ2) is 10.4. The number of nitrogens with zero attached hydrogens (tertiary/aromatic N) is 1. The zero-order valence-corrected chi connectivity index (χ0v) is 23.9. The number of sulfone groups is 1. The Labute approximate surface area is 250 Å². The van der Waals surface area contributed by atoms with Crippen molar-refractivity contribution in [2.45, 2.75) is 22.8 Å². The van der Waals surface area contributed by atoms with Crippen molar-refractivity contribution in [1.82, 2.24) is 0 Å². The summed E-state index contributed by atoms with van der Waals surface area (Å²) < 4.78 is 33.1. The van der Waals surface area contributed by atoms with Crippen LogP contribution in [0.3, 0.4) is 0 Å². The number of hydrogen-bond donors (Lipinski definition) is 0. The largest absolute Gasteiger partial charge is 0.436 e. The standard InChI is InChI=1S/C36H27NO5S/c38-34-36(25-13-3-1-4-14-25,23-24-43(40,41)26-15-5-2-6-16-26)31-21-11-12-22-32(31)37(34)35(39)42-33-29-19-9-7-17-27(29)28-18-8-10-20-30(28)33/h1-22,33H,23-24H2/t36-/m1/s1. The number of carbonyl (C=O) groups excluding carboxylic acids is 2. The Morgan fingerprint density at radius 2 is 1.23 bits per heavy atom. The zero-order valence-electron chi connectivity index (χ0n) is 23.1. The number of amides is 2. The van der Waals surface area contributed by atoms with Crippen molar-refractivity contribution in [3.05, 3.63) is 156 Å². The fourth-order valence-electron chi connectivity index (χ4n) is 6.44. The van der Waals surface area contributed by atoms with Crippen molar-refractivity contribution in [2.24, 2.45) is 0 Å². The SMILES string of the molecule is O=C(OC1c2ccccc2-c2ccccc21)N1C(=O)[C@](CCS(=O)(=O)c2ccccc2)(c2ccccc2)c2ccccc21. The van der Waals surface area contributed by atoms with Gasteiger partial charge in [-0.2, -0.15) is 0 Å². The van der Waals surface area contributed by atoms with E-state index in [9.17, 15) is 18.0 Å². The fraction of sp³-hybridized carbons (Fsp3) is 0.111. The van der Waals surface area contributed by atoms with Crippen LogP contribution in [0.2, 0.25) is 0 Å². The van der Waals surface area contributed by atoms with Gasteiger partial charge in [0, 0.05) is 11.1 Å². The summed E-state index contributed by atoms with van der Waals surface area (Å²) in [7, 11) is -3.73. The predicted octanol–water partition coefficient (Wildman–Crippen LogP) is 7.09. The molecule has 0 bridgehead atoms. The number of rotatable bonds is 6. The molecule has 0 radical (unpaired) electrons. The van der Waals surface area contributed by atoms with E-state index in [-0.39, 0.29) is 17.1 Å². The Bertz CT molecular complexity index is 1930. The van der Waals surface area contributed by atoms with E-state index in [1.165, 1.54) is 0 Å². The number of fused-ring (bicyclic) bond motifs is 4. The number of imide groups is 1. The lowest BCUT2D eigenvalue weighted by Gasteiger charge is -2.29. The molecule has 0 spiro atoms. The van der Waals surface area contributed by atoms with Gasteiger partial charge in [0.05, 0.1) is 16.3 Å².